The lowest BCUT2D eigenvalue weighted by Gasteiger charge is -2.47. The van der Waals surface area contributed by atoms with Crippen LogP contribution in [-0.2, 0) is 18.7 Å². The first-order valence-electron chi connectivity index (χ1n) is 9.15. The number of unbranched alkanes of at least 4 members (excludes halogenated alkanes) is 1. The van der Waals surface area contributed by atoms with E-state index in [4.69, 9.17) is 19.0 Å². The molecule has 6 heteroatoms. The molecule has 0 bridgehead atoms. The Morgan fingerprint density at radius 3 is 2.60 bits per heavy atom. The molecule has 1 radical (unpaired) electrons. The molecule has 3 atom stereocenters. The number of allylic oxidation sites excluding steroid dienone is 2. The average molecular weight is 372 g/mol. The number of hydrogen-bond acceptors (Lipinski definition) is 4. The minimum Gasteiger partial charge on any atom is -0.481 e. The van der Waals surface area contributed by atoms with E-state index in [1.165, 1.54) is 0 Å². The van der Waals surface area contributed by atoms with E-state index in [1.54, 1.807) is 0 Å². The second-order valence-electron chi connectivity index (χ2n) is 8.30. The van der Waals surface area contributed by atoms with Gasteiger partial charge in [0.2, 0.25) is 9.04 Å². The van der Waals surface area contributed by atoms with E-state index in [2.05, 4.69) is 46.0 Å². The van der Waals surface area contributed by atoms with Crippen LogP contribution in [0.3, 0.4) is 0 Å². The third-order valence-electron chi connectivity index (χ3n) is 4.25. The van der Waals surface area contributed by atoms with Crippen molar-refractivity contribution >= 4 is 15.0 Å². The summed E-state index contributed by atoms with van der Waals surface area (Å²) in [6.07, 6.45) is 6.87. The van der Waals surface area contributed by atoms with Crippen molar-refractivity contribution in [2.24, 2.45) is 11.3 Å². The van der Waals surface area contributed by atoms with Gasteiger partial charge < -0.3 is 19.0 Å². The maximum Gasteiger partial charge on any atom is 0.303 e. The van der Waals surface area contributed by atoms with Crippen LogP contribution in [0.4, 0.5) is 0 Å². The van der Waals surface area contributed by atoms with Gasteiger partial charge in [-0.1, -0.05) is 32.9 Å². The van der Waals surface area contributed by atoms with Gasteiger partial charge in [-0.2, -0.15) is 0 Å². The zero-order chi connectivity index (χ0) is 19.1. The number of carboxylic acid groups (broad SMARTS) is 1. The molecule has 1 saturated heterocycles. The Hall–Kier alpha value is -0.693. The summed E-state index contributed by atoms with van der Waals surface area (Å²) in [5.41, 5.74) is 0.0130. The van der Waals surface area contributed by atoms with Crippen molar-refractivity contribution in [1.82, 2.24) is 0 Å². The van der Waals surface area contributed by atoms with Crippen LogP contribution in [0, 0.1) is 11.3 Å². The quantitative estimate of drug-likeness (QED) is 0.373. The molecule has 1 heterocycles. The third kappa shape index (κ3) is 8.49. The highest BCUT2D eigenvalue weighted by Crippen LogP contribution is 2.38. The van der Waals surface area contributed by atoms with Gasteiger partial charge in [0.05, 0.1) is 19.3 Å². The standard InChI is InChI=1S/C19H35O5Si/c1-18(2,3)17-15(11-9-7-8-10-12-16(20)21)13-22-19(4,24-17)14-23-25(5)6/h7,9,15,17H,8,10-14H2,1-6H3,(H,20,21)/b9-7-/t15-,17+,19+/m0/s1. The van der Waals surface area contributed by atoms with E-state index in [-0.39, 0.29) is 23.9 Å². The molecule has 145 valence electrons. The number of rotatable bonds is 9. The summed E-state index contributed by atoms with van der Waals surface area (Å²) in [5, 5.41) is 8.66. The van der Waals surface area contributed by atoms with Crippen molar-refractivity contribution in [1.29, 1.82) is 0 Å². The predicted molar refractivity (Wildman–Crippen MR) is 101 cm³/mol. The monoisotopic (exact) mass is 371 g/mol. The van der Waals surface area contributed by atoms with Crippen LogP contribution in [-0.4, -0.2) is 45.2 Å². The van der Waals surface area contributed by atoms with Crippen molar-refractivity contribution < 1.29 is 23.8 Å². The molecule has 0 aliphatic carbocycles. The molecular formula is C19H35O5Si. The minimum atomic E-state index is -0.779. The van der Waals surface area contributed by atoms with Gasteiger partial charge in [-0.15, -0.1) is 0 Å². The Balaban J connectivity index is 2.59. The van der Waals surface area contributed by atoms with Crippen molar-refractivity contribution in [3.63, 3.8) is 0 Å². The first-order valence-corrected chi connectivity index (χ1v) is 11.6. The summed E-state index contributed by atoms with van der Waals surface area (Å²) < 4.78 is 18.2. The van der Waals surface area contributed by atoms with E-state index < -0.39 is 20.8 Å². The van der Waals surface area contributed by atoms with Crippen LogP contribution in [0.5, 0.6) is 0 Å². The lowest BCUT2D eigenvalue weighted by Crippen LogP contribution is -2.54. The molecule has 1 aliphatic rings. The highest BCUT2D eigenvalue weighted by molar-refractivity contribution is 6.48. The molecule has 0 aromatic carbocycles. The first-order chi connectivity index (χ1) is 11.5. The number of ether oxygens (including phenoxy) is 2. The summed E-state index contributed by atoms with van der Waals surface area (Å²) in [5.74, 6) is -1.13. The Kier molecular flexibility index (Phi) is 8.81. The molecular weight excluding hydrogens is 336 g/mol. The topological polar surface area (TPSA) is 65.0 Å². The Morgan fingerprint density at radius 2 is 2.04 bits per heavy atom. The highest BCUT2D eigenvalue weighted by Gasteiger charge is 2.44. The van der Waals surface area contributed by atoms with Gasteiger partial charge in [0.1, 0.15) is 0 Å². The second kappa shape index (κ2) is 9.85. The van der Waals surface area contributed by atoms with Gasteiger partial charge in [-0.3, -0.25) is 4.79 Å². The van der Waals surface area contributed by atoms with Crippen molar-refractivity contribution in [3.8, 4) is 0 Å². The largest absolute Gasteiger partial charge is 0.481 e. The summed E-state index contributed by atoms with van der Waals surface area (Å²) in [4.78, 5) is 10.5. The van der Waals surface area contributed by atoms with E-state index in [1.807, 2.05) is 6.92 Å². The minimum absolute atomic E-state index is 0.0130. The lowest BCUT2D eigenvalue weighted by molar-refractivity contribution is -0.327. The Morgan fingerprint density at radius 1 is 1.36 bits per heavy atom. The fourth-order valence-corrected chi connectivity index (χ4v) is 3.51. The number of carboxylic acids is 1. The Labute approximate surface area is 154 Å². The van der Waals surface area contributed by atoms with Crippen LogP contribution in [0.1, 0.15) is 53.4 Å². The molecule has 1 aliphatic heterocycles. The third-order valence-corrected chi connectivity index (χ3v) is 4.97. The molecule has 0 aromatic heterocycles. The average Bonchev–Trinajstić information content (AvgIpc) is 2.49. The molecule has 1 fully saturated rings. The van der Waals surface area contributed by atoms with Crippen molar-refractivity contribution in [2.45, 2.75) is 78.4 Å². The fraction of sp³-hybridized carbons (Fsp3) is 0.842. The lowest BCUT2D eigenvalue weighted by atomic mass is 9.79. The van der Waals surface area contributed by atoms with Crippen LogP contribution in [0.2, 0.25) is 13.1 Å². The van der Waals surface area contributed by atoms with E-state index >= 15 is 0 Å². The molecule has 25 heavy (non-hydrogen) atoms. The summed E-state index contributed by atoms with van der Waals surface area (Å²) in [6, 6.07) is 0. The van der Waals surface area contributed by atoms with Gasteiger partial charge in [0.25, 0.3) is 0 Å². The zero-order valence-electron chi connectivity index (χ0n) is 16.6. The molecule has 1 N–H and O–H groups in total. The number of carbonyl (C=O) groups is 1. The molecule has 0 amide bonds. The molecule has 5 nitrogen and oxygen atoms in total. The molecule has 0 unspecified atom stereocenters. The van der Waals surface area contributed by atoms with Gasteiger partial charge >= 0.3 is 5.97 Å². The van der Waals surface area contributed by atoms with Gasteiger partial charge in [-0.05, 0) is 44.7 Å². The molecule has 0 spiro atoms. The van der Waals surface area contributed by atoms with Crippen molar-refractivity contribution in [3.05, 3.63) is 12.2 Å². The van der Waals surface area contributed by atoms with E-state index in [0.29, 0.717) is 19.6 Å². The molecule has 0 aromatic rings. The van der Waals surface area contributed by atoms with Crippen LogP contribution in [0.25, 0.3) is 0 Å². The number of hydrogen-bond donors (Lipinski definition) is 1. The smallest absolute Gasteiger partial charge is 0.303 e. The zero-order valence-corrected chi connectivity index (χ0v) is 17.6. The molecule has 1 rings (SSSR count). The SMILES string of the molecule is C[Si](C)OC[C@]1(C)OC[C@H](C/C=C\CCCC(=O)O)[C@H](C(C)(C)C)O1. The summed E-state index contributed by atoms with van der Waals surface area (Å²) in [7, 11) is -0.779. The van der Waals surface area contributed by atoms with Crippen molar-refractivity contribution in [2.75, 3.05) is 13.2 Å². The van der Waals surface area contributed by atoms with Crippen LogP contribution < -0.4 is 0 Å². The summed E-state index contributed by atoms with van der Waals surface area (Å²) in [6.45, 7) is 13.9. The van der Waals surface area contributed by atoms with Gasteiger partial charge in [0, 0.05) is 12.3 Å². The Bertz CT molecular complexity index is 444. The summed E-state index contributed by atoms with van der Waals surface area (Å²) >= 11 is 0. The van der Waals surface area contributed by atoms with Crippen LogP contribution in [0.15, 0.2) is 12.2 Å². The van der Waals surface area contributed by atoms with E-state index in [0.717, 1.165) is 12.8 Å². The first kappa shape index (κ1) is 22.3. The predicted octanol–water partition coefficient (Wildman–Crippen LogP) is 4.25. The molecule has 0 saturated carbocycles. The maximum absolute atomic E-state index is 10.5. The van der Waals surface area contributed by atoms with Gasteiger partial charge in [0.15, 0.2) is 5.79 Å². The second-order valence-corrected chi connectivity index (χ2v) is 10.4. The highest BCUT2D eigenvalue weighted by atomic mass is 28.3. The van der Waals surface area contributed by atoms with Gasteiger partial charge in [-0.25, -0.2) is 0 Å². The normalized spacial score (nSPS) is 28.0. The fourth-order valence-electron chi connectivity index (χ4n) is 2.96. The van der Waals surface area contributed by atoms with Crippen LogP contribution >= 0.6 is 0 Å². The number of aliphatic carboxylic acids is 1. The van der Waals surface area contributed by atoms with E-state index in [9.17, 15) is 4.79 Å². The maximum atomic E-state index is 10.5.